The van der Waals surface area contributed by atoms with Crippen molar-refractivity contribution in [2.24, 2.45) is 5.10 Å². The maximum atomic E-state index is 13.3. The van der Waals surface area contributed by atoms with E-state index in [0.717, 1.165) is 11.3 Å². The molecule has 0 radical (unpaired) electrons. The number of amides is 2. The Balaban J connectivity index is 1.80. The third kappa shape index (κ3) is 3.54. The number of halogens is 2. The number of anilines is 1. The quantitative estimate of drug-likeness (QED) is 0.844. The zero-order valence-corrected chi connectivity index (χ0v) is 13.8. The minimum Gasteiger partial charge on any atom is -0.273 e. The number of hydrazone groups is 1. The predicted octanol–water partition coefficient (Wildman–Crippen LogP) is 3.32. The first-order chi connectivity index (χ1) is 11.0. The molecule has 0 bridgehead atoms. The van der Waals surface area contributed by atoms with Crippen molar-refractivity contribution in [3.63, 3.8) is 0 Å². The number of hydrogen-bond donors (Lipinski definition) is 1. The molecule has 1 aromatic carbocycles. The van der Waals surface area contributed by atoms with Crippen molar-refractivity contribution in [1.29, 1.82) is 0 Å². The van der Waals surface area contributed by atoms with E-state index in [2.05, 4.69) is 10.5 Å². The average molecular weight is 370 g/mol. The predicted molar refractivity (Wildman–Crippen MR) is 90.6 cm³/mol. The number of thioether (sulfide) groups is 1. The van der Waals surface area contributed by atoms with Crippen LogP contribution in [0.5, 0.6) is 0 Å². The zero-order chi connectivity index (χ0) is 16.4. The zero-order valence-electron chi connectivity index (χ0n) is 11.5. The number of nitrogens with one attached hydrogen (secondary N) is 1. The van der Waals surface area contributed by atoms with Crippen LogP contribution in [0, 0.1) is 5.82 Å². The van der Waals surface area contributed by atoms with Gasteiger partial charge in [-0.25, -0.2) is 9.82 Å². The third-order valence-corrected chi connectivity index (χ3v) is 5.04. The number of benzene rings is 1. The molecule has 118 valence electrons. The number of thiophene rings is 1. The highest BCUT2D eigenvalue weighted by Gasteiger charge is 2.30. The van der Waals surface area contributed by atoms with Crippen LogP contribution in [0.1, 0.15) is 9.67 Å². The van der Waals surface area contributed by atoms with E-state index in [0.29, 0.717) is 14.9 Å². The Kier molecular flexibility index (Phi) is 4.65. The average Bonchev–Trinajstić information content (AvgIpc) is 3.11. The van der Waals surface area contributed by atoms with Crippen LogP contribution in [0.2, 0.25) is 4.34 Å². The lowest BCUT2D eigenvalue weighted by atomic mass is 10.3. The summed E-state index contributed by atoms with van der Waals surface area (Å²) in [4.78, 5) is 25.6. The van der Waals surface area contributed by atoms with Crippen molar-refractivity contribution < 1.29 is 14.0 Å². The monoisotopic (exact) mass is 369 g/mol. The molecule has 2 amide bonds. The van der Waals surface area contributed by atoms with Gasteiger partial charge in [0.1, 0.15) is 5.82 Å². The fourth-order valence-corrected chi connectivity index (χ4v) is 3.67. The minimum absolute atomic E-state index is 0.177. The Hall–Kier alpha value is -1.90. The largest absolute Gasteiger partial charge is 0.281 e. The highest BCUT2D eigenvalue weighted by molar-refractivity contribution is 8.15. The molecule has 1 fully saturated rings. The summed E-state index contributed by atoms with van der Waals surface area (Å²) < 4.78 is 13.8. The van der Waals surface area contributed by atoms with Gasteiger partial charge in [-0.2, -0.15) is 0 Å². The molecule has 1 saturated heterocycles. The molecular formula is C14H9ClFN3O2S2. The molecule has 2 aromatic rings. The Labute approximate surface area is 144 Å². The van der Waals surface area contributed by atoms with Crippen LogP contribution in [-0.2, 0) is 4.79 Å². The van der Waals surface area contributed by atoms with Gasteiger partial charge in [0.15, 0.2) is 5.17 Å². The van der Waals surface area contributed by atoms with Gasteiger partial charge in [-0.1, -0.05) is 29.4 Å². The molecular weight excluding hydrogens is 361 g/mol. The van der Waals surface area contributed by atoms with Crippen molar-refractivity contribution >= 4 is 57.4 Å². The van der Waals surface area contributed by atoms with Gasteiger partial charge >= 0.3 is 0 Å². The van der Waals surface area contributed by atoms with Gasteiger partial charge in [-0.15, -0.1) is 16.4 Å². The van der Waals surface area contributed by atoms with Crippen LogP contribution in [0.4, 0.5) is 10.1 Å². The lowest BCUT2D eigenvalue weighted by molar-refractivity contribution is -0.115. The summed E-state index contributed by atoms with van der Waals surface area (Å²) in [5.74, 6) is -0.930. The molecule has 5 nitrogen and oxygen atoms in total. The van der Waals surface area contributed by atoms with E-state index in [4.69, 9.17) is 11.6 Å². The molecule has 0 unspecified atom stereocenters. The lowest BCUT2D eigenvalue weighted by Gasteiger charge is -2.15. The van der Waals surface area contributed by atoms with Gasteiger partial charge in [0.05, 0.1) is 20.7 Å². The fourth-order valence-electron chi connectivity index (χ4n) is 1.90. The first-order valence-corrected chi connectivity index (χ1v) is 8.57. The van der Waals surface area contributed by atoms with Gasteiger partial charge in [0.25, 0.3) is 5.91 Å². The first kappa shape index (κ1) is 16.0. The Morgan fingerprint density at radius 3 is 2.87 bits per heavy atom. The molecule has 0 spiro atoms. The maximum Gasteiger partial charge on any atom is 0.281 e. The van der Waals surface area contributed by atoms with Crippen LogP contribution < -0.4 is 10.3 Å². The number of carbonyl (C=O) groups is 2. The summed E-state index contributed by atoms with van der Waals surface area (Å²) in [7, 11) is 0. The van der Waals surface area contributed by atoms with E-state index in [9.17, 15) is 14.0 Å². The SMILES string of the molecule is O=C(N/N=C1/SCC(=O)N1c1cccc(F)c1)c1ccc(Cl)s1. The summed E-state index contributed by atoms with van der Waals surface area (Å²) in [6.45, 7) is 0. The molecule has 2 heterocycles. The van der Waals surface area contributed by atoms with E-state index in [1.165, 1.54) is 34.9 Å². The van der Waals surface area contributed by atoms with E-state index in [1.807, 2.05) is 0 Å². The van der Waals surface area contributed by atoms with Gasteiger partial charge in [-0.05, 0) is 30.3 Å². The topological polar surface area (TPSA) is 61.8 Å². The normalized spacial score (nSPS) is 16.2. The number of nitrogens with zero attached hydrogens (tertiary/aromatic N) is 2. The van der Waals surface area contributed by atoms with Crippen LogP contribution in [0.3, 0.4) is 0 Å². The van der Waals surface area contributed by atoms with Gasteiger partial charge in [0, 0.05) is 0 Å². The number of hydrogen-bond acceptors (Lipinski definition) is 5. The summed E-state index contributed by atoms with van der Waals surface area (Å²) in [6.07, 6.45) is 0. The highest BCUT2D eigenvalue weighted by atomic mass is 35.5. The molecule has 9 heteroatoms. The fraction of sp³-hybridized carbons (Fsp3) is 0.0714. The smallest absolute Gasteiger partial charge is 0.273 e. The van der Waals surface area contributed by atoms with E-state index < -0.39 is 11.7 Å². The summed E-state index contributed by atoms with van der Waals surface area (Å²) in [6, 6.07) is 8.82. The molecule has 1 aromatic heterocycles. The molecule has 23 heavy (non-hydrogen) atoms. The summed E-state index contributed by atoms with van der Waals surface area (Å²) >= 11 is 8.07. The Morgan fingerprint density at radius 1 is 1.35 bits per heavy atom. The van der Waals surface area contributed by atoms with Gasteiger partial charge in [0.2, 0.25) is 5.91 Å². The number of carbonyl (C=O) groups excluding carboxylic acids is 2. The van der Waals surface area contributed by atoms with Crippen molar-refractivity contribution in [2.45, 2.75) is 0 Å². The van der Waals surface area contributed by atoms with Gasteiger partial charge in [-0.3, -0.25) is 14.5 Å². The standard InChI is InChI=1S/C14H9ClFN3O2S2/c15-11-5-4-10(23-11)13(21)17-18-14-19(12(20)7-22-14)9-3-1-2-8(16)6-9/h1-6H,7H2,(H,17,21)/b18-14+. The van der Waals surface area contributed by atoms with Crippen molar-refractivity contribution in [3.05, 3.63) is 51.4 Å². The Bertz CT molecular complexity index is 809. The van der Waals surface area contributed by atoms with Crippen molar-refractivity contribution in [2.75, 3.05) is 10.7 Å². The van der Waals surface area contributed by atoms with Crippen LogP contribution in [0.15, 0.2) is 41.5 Å². The third-order valence-electron chi connectivity index (χ3n) is 2.88. The van der Waals surface area contributed by atoms with E-state index in [1.54, 1.807) is 18.2 Å². The second-order valence-electron chi connectivity index (χ2n) is 4.44. The number of amidine groups is 1. The Morgan fingerprint density at radius 2 is 2.17 bits per heavy atom. The molecule has 1 aliphatic rings. The van der Waals surface area contributed by atoms with E-state index in [-0.39, 0.29) is 16.8 Å². The summed E-state index contributed by atoms with van der Waals surface area (Å²) in [5.41, 5.74) is 2.75. The maximum absolute atomic E-state index is 13.3. The molecule has 3 rings (SSSR count). The second-order valence-corrected chi connectivity index (χ2v) is 7.09. The lowest BCUT2D eigenvalue weighted by Crippen LogP contribution is -2.31. The molecule has 0 saturated carbocycles. The molecule has 0 atom stereocenters. The molecule has 1 N–H and O–H groups in total. The second kappa shape index (κ2) is 6.69. The van der Waals surface area contributed by atoms with Crippen molar-refractivity contribution in [3.8, 4) is 0 Å². The van der Waals surface area contributed by atoms with Crippen LogP contribution in [0.25, 0.3) is 0 Å². The molecule has 1 aliphatic heterocycles. The van der Waals surface area contributed by atoms with Crippen LogP contribution in [-0.4, -0.2) is 22.7 Å². The van der Waals surface area contributed by atoms with E-state index >= 15 is 0 Å². The minimum atomic E-state index is -0.455. The van der Waals surface area contributed by atoms with Crippen LogP contribution >= 0.6 is 34.7 Å². The highest BCUT2D eigenvalue weighted by Crippen LogP contribution is 2.27. The summed E-state index contributed by atoms with van der Waals surface area (Å²) in [5, 5.41) is 4.26. The van der Waals surface area contributed by atoms with Crippen molar-refractivity contribution in [1.82, 2.24) is 5.43 Å². The molecule has 0 aliphatic carbocycles. The van der Waals surface area contributed by atoms with Gasteiger partial charge < -0.3 is 0 Å². The number of rotatable bonds is 3. The first-order valence-electron chi connectivity index (χ1n) is 6.39.